The summed E-state index contributed by atoms with van der Waals surface area (Å²) < 4.78 is 6.11. The number of fused-ring (bicyclic) bond motifs is 1. The predicted octanol–water partition coefficient (Wildman–Crippen LogP) is 4.46. The maximum Gasteiger partial charge on any atom is 0.262 e. The van der Waals surface area contributed by atoms with Gasteiger partial charge in [-0.2, -0.15) is 0 Å². The molecule has 0 spiro atoms. The highest BCUT2D eigenvalue weighted by molar-refractivity contribution is 9.10. The highest BCUT2D eigenvalue weighted by Crippen LogP contribution is 2.36. The predicted molar refractivity (Wildman–Crippen MR) is 109 cm³/mol. The van der Waals surface area contributed by atoms with Crippen molar-refractivity contribution in [3.05, 3.63) is 57.4 Å². The number of aryl methyl sites for hydroxylation is 1. The summed E-state index contributed by atoms with van der Waals surface area (Å²) >= 11 is 4.78. The van der Waals surface area contributed by atoms with Crippen molar-refractivity contribution < 1.29 is 14.3 Å². The number of aromatic nitrogens is 1. The molecule has 0 atom stereocenters. The fourth-order valence-electron chi connectivity index (χ4n) is 2.76. The molecule has 0 fully saturated rings. The lowest BCUT2D eigenvalue weighted by Crippen LogP contribution is -2.25. The van der Waals surface area contributed by atoms with E-state index in [4.69, 9.17) is 4.74 Å². The van der Waals surface area contributed by atoms with Gasteiger partial charge in [0.05, 0.1) is 16.9 Å². The van der Waals surface area contributed by atoms with Crippen molar-refractivity contribution in [2.75, 3.05) is 17.2 Å². The molecule has 3 aromatic rings. The second-order valence-corrected chi connectivity index (χ2v) is 7.96. The van der Waals surface area contributed by atoms with Crippen LogP contribution in [0, 0.1) is 6.92 Å². The molecule has 0 saturated heterocycles. The summed E-state index contributed by atoms with van der Waals surface area (Å²) in [5.74, 6) is 0.221. The monoisotopic (exact) mass is 443 g/mol. The largest absolute Gasteiger partial charge is 0.482 e. The first-order chi connectivity index (χ1) is 13.0. The van der Waals surface area contributed by atoms with Gasteiger partial charge in [0.15, 0.2) is 11.7 Å². The zero-order valence-corrected chi connectivity index (χ0v) is 16.6. The summed E-state index contributed by atoms with van der Waals surface area (Å²) in [5.41, 5.74) is 2.76. The van der Waals surface area contributed by atoms with Crippen LogP contribution in [0.5, 0.6) is 5.75 Å². The second-order valence-electron chi connectivity index (χ2n) is 5.91. The minimum atomic E-state index is -0.228. The number of halogens is 1. The molecule has 0 aliphatic carbocycles. The molecule has 2 N–H and O–H groups in total. The Kier molecular flexibility index (Phi) is 4.67. The van der Waals surface area contributed by atoms with Crippen LogP contribution in [0.4, 0.5) is 10.8 Å². The number of hydrogen-bond acceptors (Lipinski definition) is 5. The highest BCUT2D eigenvalue weighted by Gasteiger charge is 2.19. The molecule has 6 nitrogen and oxygen atoms in total. The van der Waals surface area contributed by atoms with Crippen molar-refractivity contribution in [2.24, 2.45) is 0 Å². The molecule has 0 bridgehead atoms. The Labute approximate surface area is 167 Å². The fourth-order valence-corrected chi connectivity index (χ4v) is 4.05. The van der Waals surface area contributed by atoms with Crippen LogP contribution >= 0.6 is 27.3 Å². The van der Waals surface area contributed by atoms with Gasteiger partial charge in [-0.1, -0.05) is 12.1 Å². The molecular formula is C19H14BrN3O3S. The van der Waals surface area contributed by atoms with Crippen LogP contribution in [0.25, 0.3) is 11.3 Å². The van der Waals surface area contributed by atoms with Crippen molar-refractivity contribution in [1.82, 2.24) is 4.98 Å². The number of carbonyl (C=O) groups excluding carboxylic acids is 2. The zero-order valence-electron chi connectivity index (χ0n) is 14.2. The van der Waals surface area contributed by atoms with E-state index < -0.39 is 0 Å². The summed E-state index contributed by atoms with van der Waals surface area (Å²) in [6.07, 6.45) is 0. The molecule has 2 amide bonds. The van der Waals surface area contributed by atoms with E-state index in [0.717, 1.165) is 20.6 Å². The van der Waals surface area contributed by atoms with Crippen LogP contribution in [0.15, 0.2) is 46.9 Å². The van der Waals surface area contributed by atoms with Gasteiger partial charge in [-0.3, -0.25) is 14.9 Å². The van der Waals surface area contributed by atoms with E-state index in [0.29, 0.717) is 22.1 Å². The van der Waals surface area contributed by atoms with Gasteiger partial charge in [0.2, 0.25) is 0 Å². The lowest BCUT2D eigenvalue weighted by atomic mass is 10.1. The molecule has 8 heteroatoms. The van der Waals surface area contributed by atoms with Crippen LogP contribution in [0.1, 0.15) is 15.2 Å². The van der Waals surface area contributed by atoms with Gasteiger partial charge in [0.1, 0.15) is 5.75 Å². The van der Waals surface area contributed by atoms with Gasteiger partial charge in [0, 0.05) is 14.9 Å². The van der Waals surface area contributed by atoms with E-state index in [2.05, 4.69) is 31.5 Å². The van der Waals surface area contributed by atoms with E-state index in [-0.39, 0.29) is 18.4 Å². The van der Waals surface area contributed by atoms with E-state index in [1.165, 1.54) is 11.3 Å². The highest BCUT2D eigenvalue weighted by atomic mass is 79.9. The molecule has 1 aromatic heterocycles. The zero-order chi connectivity index (χ0) is 19.0. The average molecular weight is 444 g/mol. The molecule has 1 aliphatic heterocycles. The van der Waals surface area contributed by atoms with Crippen LogP contribution in [0.3, 0.4) is 0 Å². The summed E-state index contributed by atoms with van der Waals surface area (Å²) in [5, 5.41) is 6.15. The molecule has 0 saturated carbocycles. The van der Waals surface area contributed by atoms with Gasteiger partial charge >= 0.3 is 0 Å². The van der Waals surface area contributed by atoms with E-state index in [1.807, 2.05) is 43.3 Å². The van der Waals surface area contributed by atoms with Crippen molar-refractivity contribution in [3.8, 4) is 17.0 Å². The maximum absolute atomic E-state index is 12.5. The van der Waals surface area contributed by atoms with Crippen molar-refractivity contribution >= 4 is 49.9 Å². The summed E-state index contributed by atoms with van der Waals surface area (Å²) in [4.78, 5) is 29.5. The molecule has 0 radical (unpaired) electrons. The molecule has 136 valence electrons. The Hall–Kier alpha value is -2.71. The van der Waals surface area contributed by atoms with Crippen LogP contribution in [0.2, 0.25) is 0 Å². The number of anilines is 2. The first-order valence-corrected chi connectivity index (χ1v) is 9.72. The average Bonchev–Trinajstić information content (AvgIpc) is 3.01. The SMILES string of the molecule is Cc1sc(NC(=O)c2ccccc2Br)nc1-c1ccc2c(c1)NC(=O)CO2. The first-order valence-electron chi connectivity index (χ1n) is 8.11. The molecule has 0 unspecified atom stereocenters. The van der Waals surface area contributed by atoms with Gasteiger partial charge in [-0.15, -0.1) is 11.3 Å². The number of ether oxygens (including phenoxy) is 1. The quantitative estimate of drug-likeness (QED) is 0.625. The summed E-state index contributed by atoms with van der Waals surface area (Å²) in [7, 11) is 0. The summed E-state index contributed by atoms with van der Waals surface area (Å²) in [6, 6.07) is 12.7. The normalized spacial score (nSPS) is 12.7. The van der Waals surface area contributed by atoms with E-state index in [1.54, 1.807) is 6.07 Å². The van der Waals surface area contributed by atoms with Crippen LogP contribution in [-0.2, 0) is 4.79 Å². The second kappa shape index (κ2) is 7.13. The third-order valence-electron chi connectivity index (χ3n) is 4.02. The number of nitrogens with zero attached hydrogens (tertiary/aromatic N) is 1. The molecule has 2 heterocycles. The van der Waals surface area contributed by atoms with E-state index >= 15 is 0 Å². The van der Waals surface area contributed by atoms with Gasteiger partial charge in [0.25, 0.3) is 11.8 Å². The van der Waals surface area contributed by atoms with Crippen LogP contribution < -0.4 is 15.4 Å². The Bertz CT molecular complexity index is 1060. The van der Waals surface area contributed by atoms with Crippen molar-refractivity contribution in [3.63, 3.8) is 0 Å². The number of hydrogen-bond donors (Lipinski definition) is 2. The number of amides is 2. The van der Waals surface area contributed by atoms with Crippen molar-refractivity contribution in [2.45, 2.75) is 6.92 Å². The number of rotatable bonds is 3. The minimum absolute atomic E-state index is 0.0211. The Balaban J connectivity index is 1.61. The number of nitrogens with one attached hydrogen (secondary N) is 2. The van der Waals surface area contributed by atoms with Gasteiger partial charge < -0.3 is 10.1 Å². The van der Waals surface area contributed by atoms with Gasteiger partial charge in [-0.05, 0) is 53.2 Å². The minimum Gasteiger partial charge on any atom is -0.482 e. The fraction of sp³-hybridized carbons (Fsp3) is 0.105. The standard InChI is InChI=1S/C19H14BrN3O3S/c1-10-17(11-6-7-15-14(8-11)21-16(24)9-26-15)22-19(27-10)23-18(25)12-4-2-3-5-13(12)20/h2-8H,9H2,1H3,(H,21,24)(H,22,23,25). The molecule has 4 rings (SSSR count). The van der Waals surface area contributed by atoms with Gasteiger partial charge in [-0.25, -0.2) is 4.98 Å². The third kappa shape index (κ3) is 3.58. The maximum atomic E-state index is 12.5. The number of benzene rings is 2. The summed E-state index contributed by atoms with van der Waals surface area (Å²) in [6.45, 7) is 1.96. The number of thiazole rings is 1. The molecular weight excluding hydrogens is 430 g/mol. The van der Waals surface area contributed by atoms with E-state index in [9.17, 15) is 9.59 Å². The van der Waals surface area contributed by atoms with Crippen molar-refractivity contribution in [1.29, 1.82) is 0 Å². The Morgan fingerprint density at radius 1 is 1.30 bits per heavy atom. The molecule has 27 heavy (non-hydrogen) atoms. The Morgan fingerprint density at radius 3 is 2.93 bits per heavy atom. The topological polar surface area (TPSA) is 80.3 Å². The lowest BCUT2D eigenvalue weighted by molar-refractivity contribution is -0.118. The smallest absolute Gasteiger partial charge is 0.262 e. The lowest BCUT2D eigenvalue weighted by Gasteiger charge is -2.18. The van der Waals surface area contributed by atoms with Crippen LogP contribution in [-0.4, -0.2) is 23.4 Å². The molecule has 2 aromatic carbocycles. The molecule has 1 aliphatic rings. The number of carbonyl (C=O) groups is 2. The Morgan fingerprint density at radius 2 is 2.11 bits per heavy atom. The first kappa shape index (κ1) is 17.7. The third-order valence-corrected chi connectivity index (χ3v) is 5.60.